The van der Waals surface area contributed by atoms with Gasteiger partial charge in [-0.1, -0.05) is 49.0 Å². The van der Waals surface area contributed by atoms with Crippen LogP contribution in [0.4, 0.5) is 5.69 Å². The Balaban J connectivity index is 2.47. The molecular weight excluding hydrogens is 278 g/mol. The van der Waals surface area contributed by atoms with Crippen molar-refractivity contribution >= 4 is 21.6 Å². The molecule has 0 aliphatic rings. The molecular formula is C14H22BrNO. The molecule has 1 aromatic carbocycles. The highest BCUT2D eigenvalue weighted by Gasteiger charge is 2.08. The first-order valence-electron chi connectivity index (χ1n) is 6.35. The molecule has 1 unspecified atom stereocenters. The lowest BCUT2D eigenvalue weighted by Crippen LogP contribution is -2.12. The summed E-state index contributed by atoms with van der Waals surface area (Å²) < 4.78 is 6.78. The van der Waals surface area contributed by atoms with E-state index in [4.69, 9.17) is 10.5 Å². The van der Waals surface area contributed by atoms with E-state index >= 15 is 0 Å². The van der Waals surface area contributed by atoms with Gasteiger partial charge < -0.3 is 10.5 Å². The maximum absolute atomic E-state index is 5.89. The highest BCUT2D eigenvalue weighted by Crippen LogP contribution is 2.26. The highest BCUT2D eigenvalue weighted by atomic mass is 79.9. The maximum Gasteiger partial charge on any atom is 0.142 e. The average molecular weight is 300 g/mol. The third-order valence-corrected chi connectivity index (χ3v) is 3.48. The Morgan fingerprint density at radius 3 is 2.71 bits per heavy atom. The quantitative estimate of drug-likeness (QED) is 0.745. The molecule has 0 fully saturated rings. The zero-order valence-electron chi connectivity index (χ0n) is 10.7. The van der Waals surface area contributed by atoms with E-state index < -0.39 is 0 Å². The van der Waals surface area contributed by atoms with Crippen molar-refractivity contribution in [2.24, 2.45) is 5.92 Å². The Labute approximate surface area is 113 Å². The molecule has 0 amide bonds. The summed E-state index contributed by atoms with van der Waals surface area (Å²) in [6, 6.07) is 5.76. The van der Waals surface area contributed by atoms with Crippen LogP contribution in [0.3, 0.4) is 0 Å². The van der Waals surface area contributed by atoms with E-state index in [2.05, 4.69) is 29.8 Å². The van der Waals surface area contributed by atoms with Crippen LogP contribution in [-0.2, 0) is 0 Å². The minimum absolute atomic E-state index is 0.637. The van der Waals surface area contributed by atoms with Crippen molar-refractivity contribution in [3.63, 3.8) is 0 Å². The van der Waals surface area contributed by atoms with Gasteiger partial charge in [-0.3, -0.25) is 0 Å². The number of hydrogen-bond donors (Lipinski definition) is 1. The number of unbranched alkanes of at least 4 members (excludes halogenated alkanes) is 1. The first kappa shape index (κ1) is 14.4. The lowest BCUT2D eigenvalue weighted by atomic mass is 10.0. The molecule has 96 valence electrons. The normalized spacial score (nSPS) is 12.4. The van der Waals surface area contributed by atoms with Crippen LogP contribution in [0.25, 0.3) is 0 Å². The Morgan fingerprint density at radius 2 is 2.12 bits per heavy atom. The second-order valence-electron chi connectivity index (χ2n) is 4.41. The van der Waals surface area contributed by atoms with Gasteiger partial charge in [0.15, 0.2) is 0 Å². The third kappa shape index (κ3) is 4.99. The molecule has 1 aromatic rings. The Hall–Kier alpha value is -0.700. The summed E-state index contributed by atoms with van der Waals surface area (Å²) in [6.07, 6.45) is 4.93. The fourth-order valence-electron chi connectivity index (χ4n) is 1.76. The maximum atomic E-state index is 5.89. The van der Waals surface area contributed by atoms with Crippen LogP contribution < -0.4 is 10.5 Å². The van der Waals surface area contributed by atoms with E-state index in [1.807, 2.05) is 18.2 Å². The van der Waals surface area contributed by atoms with Crippen molar-refractivity contribution in [2.75, 3.05) is 12.3 Å². The summed E-state index contributed by atoms with van der Waals surface area (Å²) in [5, 5.41) is 0. The molecule has 0 saturated heterocycles. The number of ether oxygens (including phenoxy) is 1. The van der Waals surface area contributed by atoms with Crippen LogP contribution in [0.15, 0.2) is 22.7 Å². The van der Waals surface area contributed by atoms with Crippen LogP contribution in [0, 0.1) is 5.92 Å². The predicted molar refractivity (Wildman–Crippen MR) is 77.4 cm³/mol. The summed E-state index contributed by atoms with van der Waals surface area (Å²) in [6.45, 7) is 5.21. The van der Waals surface area contributed by atoms with Crippen LogP contribution in [-0.4, -0.2) is 6.61 Å². The molecule has 0 aromatic heterocycles. The minimum atomic E-state index is 0.637. The molecule has 0 heterocycles. The van der Waals surface area contributed by atoms with E-state index in [9.17, 15) is 0 Å². The van der Waals surface area contributed by atoms with Crippen molar-refractivity contribution < 1.29 is 4.74 Å². The first-order valence-corrected chi connectivity index (χ1v) is 7.14. The van der Waals surface area contributed by atoms with E-state index in [-0.39, 0.29) is 0 Å². The van der Waals surface area contributed by atoms with Gasteiger partial charge in [0.25, 0.3) is 0 Å². The molecule has 2 nitrogen and oxygen atoms in total. The lowest BCUT2D eigenvalue weighted by molar-refractivity contribution is 0.234. The minimum Gasteiger partial charge on any atom is -0.491 e. The van der Waals surface area contributed by atoms with Crippen molar-refractivity contribution in [3.05, 3.63) is 22.7 Å². The van der Waals surface area contributed by atoms with Gasteiger partial charge in [-0.2, -0.15) is 0 Å². The zero-order chi connectivity index (χ0) is 12.7. The van der Waals surface area contributed by atoms with Crippen LogP contribution >= 0.6 is 15.9 Å². The topological polar surface area (TPSA) is 35.2 Å². The largest absolute Gasteiger partial charge is 0.491 e. The second kappa shape index (κ2) is 7.59. The number of rotatable bonds is 7. The zero-order valence-corrected chi connectivity index (χ0v) is 12.3. The van der Waals surface area contributed by atoms with Gasteiger partial charge in [-0.25, -0.2) is 0 Å². The molecule has 0 bridgehead atoms. The van der Waals surface area contributed by atoms with Gasteiger partial charge in [0.05, 0.1) is 12.3 Å². The van der Waals surface area contributed by atoms with E-state index in [0.29, 0.717) is 11.6 Å². The van der Waals surface area contributed by atoms with Gasteiger partial charge in [0, 0.05) is 4.47 Å². The smallest absolute Gasteiger partial charge is 0.142 e. The van der Waals surface area contributed by atoms with Gasteiger partial charge in [-0.15, -0.1) is 0 Å². The number of benzene rings is 1. The molecule has 0 spiro atoms. The van der Waals surface area contributed by atoms with E-state index in [1.54, 1.807) is 0 Å². The predicted octanol–water partition coefficient (Wildman–Crippen LogP) is 4.63. The van der Waals surface area contributed by atoms with Crippen molar-refractivity contribution in [1.29, 1.82) is 0 Å². The molecule has 1 atom stereocenters. The molecule has 1 rings (SSSR count). The average Bonchev–Trinajstić information content (AvgIpc) is 2.31. The van der Waals surface area contributed by atoms with Crippen LogP contribution in [0.2, 0.25) is 0 Å². The van der Waals surface area contributed by atoms with Gasteiger partial charge in [0.2, 0.25) is 0 Å². The SMILES string of the molecule is CCCCC(CC)COc1ccc(Br)cc1N. The molecule has 0 radical (unpaired) electrons. The van der Waals surface area contributed by atoms with Crippen LogP contribution in [0.1, 0.15) is 39.5 Å². The number of hydrogen-bond acceptors (Lipinski definition) is 2. The van der Waals surface area contributed by atoms with Gasteiger partial charge in [0.1, 0.15) is 5.75 Å². The Morgan fingerprint density at radius 1 is 1.35 bits per heavy atom. The lowest BCUT2D eigenvalue weighted by Gasteiger charge is -2.16. The first-order chi connectivity index (χ1) is 8.17. The van der Waals surface area contributed by atoms with Crippen molar-refractivity contribution in [2.45, 2.75) is 39.5 Å². The molecule has 3 heteroatoms. The highest BCUT2D eigenvalue weighted by molar-refractivity contribution is 9.10. The van der Waals surface area contributed by atoms with Crippen molar-refractivity contribution in [3.8, 4) is 5.75 Å². The van der Waals surface area contributed by atoms with Gasteiger partial charge in [-0.05, 0) is 30.5 Å². The molecule has 2 N–H and O–H groups in total. The Kier molecular flexibility index (Phi) is 6.41. The summed E-state index contributed by atoms with van der Waals surface area (Å²) in [5.74, 6) is 1.43. The Bertz CT molecular complexity index is 341. The fraction of sp³-hybridized carbons (Fsp3) is 0.571. The van der Waals surface area contributed by atoms with Gasteiger partial charge >= 0.3 is 0 Å². The molecule has 0 saturated carbocycles. The molecule has 17 heavy (non-hydrogen) atoms. The van der Waals surface area contributed by atoms with E-state index in [0.717, 1.165) is 23.2 Å². The summed E-state index contributed by atoms with van der Waals surface area (Å²) in [4.78, 5) is 0. The van der Waals surface area contributed by atoms with Crippen LogP contribution in [0.5, 0.6) is 5.75 Å². The summed E-state index contributed by atoms with van der Waals surface area (Å²) in [7, 11) is 0. The molecule has 0 aliphatic carbocycles. The number of anilines is 1. The monoisotopic (exact) mass is 299 g/mol. The number of nitrogens with two attached hydrogens (primary N) is 1. The number of halogens is 1. The summed E-state index contributed by atoms with van der Waals surface area (Å²) in [5.41, 5.74) is 6.59. The standard InChI is InChI=1S/C14H22BrNO/c1-3-5-6-11(4-2)10-17-14-8-7-12(15)9-13(14)16/h7-9,11H,3-6,10,16H2,1-2H3. The molecule has 0 aliphatic heterocycles. The summed E-state index contributed by atoms with van der Waals surface area (Å²) >= 11 is 3.39. The van der Waals surface area contributed by atoms with Crippen molar-refractivity contribution in [1.82, 2.24) is 0 Å². The fourth-order valence-corrected chi connectivity index (χ4v) is 2.14. The van der Waals surface area contributed by atoms with E-state index in [1.165, 1.54) is 19.3 Å². The third-order valence-electron chi connectivity index (χ3n) is 2.99. The second-order valence-corrected chi connectivity index (χ2v) is 5.33. The number of nitrogen functional groups attached to an aromatic ring is 1.